The Hall–Kier alpha value is -3.35. The number of rotatable bonds is 8. The van der Waals surface area contributed by atoms with E-state index >= 15 is 0 Å². The van der Waals surface area contributed by atoms with E-state index in [9.17, 15) is 19.5 Å². The van der Waals surface area contributed by atoms with E-state index in [1.807, 2.05) is 38.1 Å². The molecule has 1 saturated heterocycles. The Kier molecular flexibility index (Phi) is 7.73. The van der Waals surface area contributed by atoms with Gasteiger partial charge in [0.1, 0.15) is 12.6 Å². The van der Waals surface area contributed by atoms with Crippen molar-refractivity contribution in [2.45, 2.75) is 51.5 Å². The van der Waals surface area contributed by atoms with Gasteiger partial charge in [0.25, 0.3) is 0 Å². The highest BCUT2D eigenvalue weighted by atomic mass is 16.5. The number of nitrogens with one attached hydrogen (secondary N) is 1. The maximum atomic E-state index is 12.8. The second-order valence-corrected chi connectivity index (χ2v) is 9.84. The third kappa shape index (κ3) is 5.50. The van der Waals surface area contributed by atoms with Crippen LogP contribution in [0.1, 0.15) is 56.6 Å². The zero-order valence-electron chi connectivity index (χ0n) is 20.4. The number of amides is 2. The molecule has 2 aromatic rings. The highest BCUT2D eigenvalue weighted by molar-refractivity contribution is 5.84. The van der Waals surface area contributed by atoms with E-state index in [0.717, 1.165) is 12.8 Å². The van der Waals surface area contributed by atoms with Crippen molar-refractivity contribution < 1.29 is 24.2 Å². The second kappa shape index (κ2) is 10.9. The normalized spacial score (nSPS) is 20.0. The molecule has 186 valence electrons. The first-order valence-electron chi connectivity index (χ1n) is 12.5. The Morgan fingerprint density at radius 2 is 1.71 bits per heavy atom. The lowest BCUT2D eigenvalue weighted by Crippen LogP contribution is -2.52. The number of carbonyl (C=O) groups excluding carboxylic acids is 2. The summed E-state index contributed by atoms with van der Waals surface area (Å²) in [6.45, 7) is 4.98. The fraction of sp³-hybridized carbons (Fsp3) is 0.464. The van der Waals surface area contributed by atoms with Crippen molar-refractivity contribution in [1.82, 2.24) is 10.2 Å². The first-order chi connectivity index (χ1) is 16.9. The first kappa shape index (κ1) is 24.8. The molecule has 1 aliphatic heterocycles. The number of aliphatic carboxylic acids is 1. The maximum Gasteiger partial charge on any atom is 0.407 e. The van der Waals surface area contributed by atoms with Crippen LogP contribution in [0.25, 0.3) is 11.1 Å². The van der Waals surface area contributed by atoms with Gasteiger partial charge in [0, 0.05) is 25.4 Å². The van der Waals surface area contributed by atoms with Gasteiger partial charge in [-0.2, -0.15) is 0 Å². The number of nitrogens with zero attached hydrogens (tertiary/aromatic N) is 1. The highest BCUT2D eigenvalue weighted by Crippen LogP contribution is 2.44. The Morgan fingerprint density at radius 3 is 2.34 bits per heavy atom. The fourth-order valence-corrected chi connectivity index (χ4v) is 5.43. The van der Waals surface area contributed by atoms with Crippen molar-refractivity contribution in [1.29, 1.82) is 0 Å². The van der Waals surface area contributed by atoms with Gasteiger partial charge in [-0.25, -0.2) is 9.59 Å². The molecule has 35 heavy (non-hydrogen) atoms. The number of alkyl carbamates (subject to hydrolysis) is 1. The average molecular weight is 479 g/mol. The second-order valence-electron chi connectivity index (χ2n) is 9.84. The molecule has 7 heteroatoms. The summed E-state index contributed by atoms with van der Waals surface area (Å²) in [4.78, 5) is 38.3. The number of hydrogen-bond donors (Lipinski definition) is 2. The molecule has 4 rings (SSSR count). The number of ether oxygens (including phenoxy) is 1. The summed E-state index contributed by atoms with van der Waals surface area (Å²) < 4.78 is 5.56. The number of benzene rings is 2. The maximum absolute atomic E-state index is 12.8. The van der Waals surface area contributed by atoms with Gasteiger partial charge in [0.15, 0.2) is 0 Å². The lowest BCUT2D eigenvalue weighted by Gasteiger charge is -2.37. The Labute approximate surface area is 206 Å². The molecule has 3 unspecified atom stereocenters. The van der Waals surface area contributed by atoms with E-state index < -0.39 is 18.1 Å². The molecule has 2 aromatic carbocycles. The van der Waals surface area contributed by atoms with Crippen LogP contribution in [0, 0.1) is 11.8 Å². The average Bonchev–Trinajstić information content (AvgIpc) is 3.16. The van der Waals surface area contributed by atoms with Crippen molar-refractivity contribution in [3.05, 3.63) is 59.7 Å². The third-order valence-corrected chi connectivity index (χ3v) is 7.28. The molecular weight excluding hydrogens is 444 g/mol. The predicted octanol–water partition coefficient (Wildman–Crippen LogP) is 4.65. The van der Waals surface area contributed by atoms with Crippen LogP contribution >= 0.6 is 0 Å². The molecule has 1 aliphatic carbocycles. The minimum atomic E-state index is -0.935. The number of carbonyl (C=O) groups is 3. The quantitative estimate of drug-likeness (QED) is 0.576. The lowest BCUT2D eigenvalue weighted by molar-refractivity contribution is -0.155. The molecule has 0 saturated carbocycles. The van der Waals surface area contributed by atoms with Gasteiger partial charge in [0.2, 0.25) is 5.91 Å². The van der Waals surface area contributed by atoms with Gasteiger partial charge in [-0.15, -0.1) is 0 Å². The van der Waals surface area contributed by atoms with Gasteiger partial charge >= 0.3 is 12.1 Å². The summed E-state index contributed by atoms with van der Waals surface area (Å²) in [5.74, 6) is -1.08. The lowest BCUT2D eigenvalue weighted by atomic mass is 9.90. The molecule has 7 nitrogen and oxygen atoms in total. The summed E-state index contributed by atoms with van der Waals surface area (Å²) in [6, 6.07) is 15.7. The minimum absolute atomic E-state index is 0.0128. The van der Waals surface area contributed by atoms with Gasteiger partial charge in [-0.1, -0.05) is 62.4 Å². The van der Waals surface area contributed by atoms with Gasteiger partial charge in [-0.05, 0) is 53.4 Å². The first-order valence-corrected chi connectivity index (χ1v) is 12.5. The van der Waals surface area contributed by atoms with Gasteiger partial charge in [-0.3, -0.25) is 4.79 Å². The highest BCUT2D eigenvalue weighted by Gasteiger charge is 2.37. The molecule has 2 N–H and O–H groups in total. The van der Waals surface area contributed by atoms with E-state index in [4.69, 9.17) is 4.74 Å². The number of carboxylic acids is 1. The van der Waals surface area contributed by atoms with E-state index in [-0.39, 0.29) is 36.7 Å². The van der Waals surface area contributed by atoms with E-state index in [1.165, 1.54) is 27.2 Å². The van der Waals surface area contributed by atoms with Crippen molar-refractivity contribution in [3.8, 4) is 11.1 Å². The fourth-order valence-electron chi connectivity index (χ4n) is 5.43. The molecular formula is C28H34N2O5. The van der Waals surface area contributed by atoms with E-state index in [0.29, 0.717) is 19.5 Å². The van der Waals surface area contributed by atoms with Crippen LogP contribution in [0.15, 0.2) is 48.5 Å². The topological polar surface area (TPSA) is 95.9 Å². The Morgan fingerprint density at radius 1 is 1.09 bits per heavy atom. The number of fused-ring (bicyclic) bond motifs is 3. The van der Waals surface area contributed by atoms with Crippen LogP contribution in [-0.2, 0) is 14.3 Å². The standard InChI is InChI=1S/C28H34N2O5/c1-18(16-25(31)30-15-7-8-19(2)26(30)27(32)33)13-14-29-28(34)35-17-24-22-11-5-3-9-20(22)21-10-4-6-12-23(21)24/h3-6,9-12,18-19,24,26H,7-8,13-17H2,1-2H3,(H,29,34)(H,32,33). The molecule has 1 heterocycles. The summed E-state index contributed by atoms with van der Waals surface area (Å²) in [5.41, 5.74) is 4.70. The molecule has 0 radical (unpaired) electrons. The predicted molar refractivity (Wildman–Crippen MR) is 133 cm³/mol. The van der Waals surface area contributed by atoms with Crippen molar-refractivity contribution >= 4 is 18.0 Å². The summed E-state index contributed by atoms with van der Waals surface area (Å²) in [6.07, 6.45) is 2.05. The summed E-state index contributed by atoms with van der Waals surface area (Å²) in [7, 11) is 0. The zero-order valence-corrected chi connectivity index (χ0v) is 20.4. The molecule has 0 aromatic heterocycles. The Balaban J connectivity index is 1.23. The molecule has 1 fully saturated rings. The van der Waals surface area contributed by atoms with Gasteiger partial charge < -0.3 is 20.1 Å². The van der Waals surface area contributed by atoms with Crippen molar-refractivity contribution in [3.63, 3.8) is 0 Å². The van der Waals surface area contributed by atoms with Gasteiger partial charge in [0.05, 0.1) is 0 Å². The largest absolute Gasteiger partial charge is 0.480 e. The number of carboxylic acid groups (broad SMARTS) is 1. The SMILES string of the molecule is CC(CCNC(=O)OCC1c2ccccc2-c2ccccc21)CC(=O)N1CCCC(C)C1C(=O)O. The molecule has 0 bridgehead atoms. The van der Waals surface area contributed by atoms with Crippen LogP contribution < -0.4 is 5.32 Å². The van der Waals surface area contributed by atoms with E-state index in [1.54, 1.807) is 0 Å². The monoisotopic (exact) mass is 478 g/mol. The van der Waals surface area contributed by atoms with Crippen molar-refractivity contribution in [2.75, 3.05) is 19.7 Å². The Bertz CT molecular complexity index is 1040. The van der Waals surface area contributed by atoms with Crippen LogP contribution in [-0.4, -0.2) is 53.7 Å². The molecule has 3 atom stereocenters. The molecule has 2 aliphatic rings. The van der Waals surface area contributed by atoms with Crippen LogP contribution in [0.5, 0.6) is 0 Å². The van der Waals surface area contributed by atoms with Crippen LogP contribution in [0.3, 0.4) is 0 Å². The summed E-state index contributed by atoms with van der Waals surface area (Å²) in [5, 5.41) is 12.3. The van der Waals surface area contributed by atoms with E-state index in [2.05, 4.69) is 29.6 Å². The van der Waals surface area contributed by atoms with Crippen molar-refractivity contribution in [2.24, 2.45) is 11.8 Å². The minimum Gasteiger partial charge on any atom is -0.480 e. The summed E-state index contributed by atoms with van der Waals surface area (Å²) >= 11 is 0. The third-order valence-electron chi connectivity index (χ3n) is 7.28. The zero-order chi connectivity index (χ0) is 24.9. The number of piperidine rings is 1. The molecule has 2 amide bonds. The smallest absolute Gasteiger partial charge is 0.407 e. The number of likely N-dealkylation sites (tertiary alicyclic amines) is 1. The van der Waals surface area contributed by atoms with Crippen LogP contribution in [0.4, 0.5) is 4.79 Å². The number of hydrogen-bond acceptors (Lipinski definition) is 4. The van der Waals surface area contributed by atoms with Crippen LogP contribution in [0.2, 0.25) is 0 Å². The molecule has 0 spiro atoms.